The minimum absolute atomic E-state index is 0.0511. The molecule has 1 heterocycles. The minimum Gasteiger partial charge on any atom is -0.377 e. The van der Waals surface area contributed by atoms with Crippen molar-refractivity contribution in [3.05, 3.63) is 70.9 Å². The number of benzene rings is 2. The van der Waals surface area contributed by atoms with E-state index in [0.717, 1.165) is 22.2 Å². The second-order valence-corrected chi connectivity index (χ2v) is 5.42. The number of fused-ring (bicyclic) bond motifs is 1. The Morgan fingerprint density at radius 2 is 1.77 bits per heavy atom. The molecule has 0 unspecified atom stereocenters. The Morgan fingerprint density at radius 1 is 1.09 bits per heavy atom. The van der Waals surface area contributed by atoms with Crippen LogP contribution < -0.4 is 5.32 Å². The number of nitrogens with one attached hydrogen (secondary N) is 1. The van der Waals surface area contributed by atoms with Crippen LogP contribution in [0.5, 0.6) is 0 Å². The van der Waals surface area contributed by atoms with E-state index in [0.29, 0.717) is 5.56 Å². The predicted molar refractivity (Wildman–Crippen MR) is 89.9 cm³/mol. The van der Waals surface area contributed by atoms with Crippen LogP contribution in [0.2, 0.25) is 5.15 Å². The predicted octanol–water partition coefficient (Wildman–Crippen LogP) is 4.93. The zero-order valence-corrected chi connectivity index (χ0v) is 12.8. The maximum absolute atomic E-state index is 9.43. The number of nitriles is 1. The molecule has 0 aliphatic heterocycles. The molecule has 0 saturated carbocycles. The summed E-state index contributed by atoms with van der Waals surface area (Å²) in [7, 11) is 0. The number of halogens is 1. The molecule has 0 fully saturated rings. The SMILES string of the molecule is C[C@@H](Nc1c(C#N)c(Cl)nc2ccccc12)c1ccccc1. The van der Waals surface area contributed by atoms with Crippen LogP contribution in [0, 0.1) is 11.3 Å². The van der Waals surface area contributed by atoms with Crippen molar-refractivity contribution in [3.8, 4) is 6.07 Å². The summed E-state index contributed by atoms with van der Waals surface area (Å²) in [5.41, 5.74) is 3.02. The molecule has 22 heavy (non-hydrogen) atoms. The molecule has 3 rings (SSSR count). The van der Waals surface area contributed by atoms with Gasteiger partial charge in [-0.15, -0.1) is 0 Å². The lowest BCUT2D eigenvalue weighted by atomic mass is 10.1. The van der Waals surface area contributed by atoms with Gasteiger partial charge in [-0.25, -0.2) is 4.98 Å². The van der Waals surface area contributed by atoms with Crippen LogP contribution in [0.1, 0.15) is 24.1 Å². The largest absolute Gasteiger partial charge is 0.377 e. The second kappa shape index (κ2) is 6.05. The highest BCUT2D eigenvalue weighted by molar-refractivity contribution is 6.31. The minimum atomic E-state index is 0.0511. The second-order valence-electron chi connectivity index (χ2n) is 5.06. The van der Waals surface area contributed by atoms with E-state index in [1.165, 1.54) is 0 Å². The highest BCUT2D eigenvalue weighted by atomic mass is 35.5. The first-order valence-corrected chi connectivity index (χ1v) is 7.38. The average Bonchev–Trinajstić information content (AvgIpc) is 2.55. The van der Waals surface area contributed by atoms with Gasteiger partial charge >= 0.3 is 0 Å². The number of para-hydroxylation sites is 1. The molecule has 1 atom stereocenters. The van der Waals surface area contributed by atoms with Gasteiger partial charge in [-0.05, 0) is 18.6 Å². The van der Waals surface area contributed by atoms with Gasteiger partial charge < -0.3 is 5.32 Å². The van der Waals surface area contributed by atoms with E-state index in [9.17, 15) is 5.26 Å². The van der Waals surface area contributed by atoms with E-state index in [-0.39, 0.29) is 11.2 Å². The Kier molecular flexibility index (Phi) is 3.95. The maximum atomic E-state index is 9.43. The highest BCUT2D eigenvalue weighted by Gasteiger charge is 2.16. The fourth-order valence-corrected chi connectivity index (χ4v) is 2.70. The lowest BCUT2D eigenvalue weighted by Gasteiger charge is -2.18. The number of rotatable bonds is 3. The highest BCUT2D eigenvalue weighted by Crippen LogP contribution is 2.33. The topological polar surface area (TPSA) is 48.7 Å². The summed E-state index contributed by atoms with van der Waals surface area (Å²) >= 11 is 6.16. The van der Waals surface area contributed by atoms with Crippen LogP contribution in [0.3, 0.4) is 0 Å². The lowest BCUT2D eigenvalue weighted by molar-refractivity contribution is 0.885. The number of anilines is 1. The number of nitrogens with zero attached hydrogens (tertiary/aromatic N) is 2. The average molecular weight is 308 g/mol. The Labute approximate surface area is 134 Å². The van der Waals surface area contributed by atoms with Crippen molar-refractivity contribution in [1.82, 2.24) is 4.98 Å². The zero-order valence-electron chi connectivity index (χ0n) is 12.0. The third kappa shape index (κ3) is 2.61. The van der Waals surface area contributed by atoms with E-state index >= 15 is 0 Å². The lowest BCUT2D eigenvalue weighted by Crippen LogP contribution is -2.09. The standard InChI is InChI=1S/C18H14ClN3/c1-12(13-7-3-2-4-8-13)21-17-14-9-5-6-10-16(14)22-18(19)15(17)11-20/h2-10,12H,1H3,(H,21,22)/t12-/m1/s1. The molecular weight excluding hydrogens is 294 g/mol. The Bertz CT molecular complexity index is 853. The summed E-state index contributed by atoms with van der Waals surface area (Å²) in [6.45, 7) is 2.06. The maximum Gasteiger partial charge on any atom is 0.149 e. The molecule has 0 spiro atoms. The van der Waals surface area contributed by atoms with Gasteiger partial charge in [0.1, 0.15) is 16.8 Å². The summed E-state index contributed by atoms with van der Waals surface area (Å²) in [6, 6.07) is 19.9. The molecule has 0 radical (unpaired) electrons. The molecule has 3 nitrogen and oxygen atoms in total. The van der Waals surface area contributed by atoms with Gasteiger partial charge in [0, 0.05) is 11.4 Å². The van der Waals surface area contributed by atoms with Crippen molar-refractivity contribution in [2.45, 2.75) is 13.0 Å². The van der Waals surface area contributed by atoms with Gasteiger partial charge in [0.25, 0.3) is 0 Å². The zero-order chi connectivity index (χ0) is 15.5. The quantitative estimate of drug-likeness (QED) is 0.698. The van der Waals surface area contributed by atoms with Crippen LogP contribution in [-0.4, -0.2) is 4.98 Å². The Morgan fingerprint density at radius 3 is 2.50 bits per heavy atom. The number of hydrogen-bond acceptors (Lipinski definition) is 3. The molecule has 1 aromatic heterocycles. The molecule has 1 N–H and O–H groups in total. The van der Waals surface area contributed by atoms with E-state index in [2.05, 4.69) is 35.4 Å². The molecule has 3 aromatic rings. The van der Waals surface area contributed by atoms with Gasteiger partial charge in [-0.3, -0.25) is 0 Å². The molecule has 0 bridgehead atoms. The fourth-order valence-electron chi connectivity index (χ4n) is 2.48. The van der Waals surface area contributed by atoms with Crippen molar-refractivity contribution in [3.63, 3.8) is 0 Å². The van der Waals surface area contributed by atoms with Crippen molar-refractivity contribution >= 4 is 28.2 Å². The summed E-state index contributed by atoms with van der Waals surface area (Å²) in [4.78, 5) is 4.29. The van der Waals surface area contributed by atoms with Gasteiger partial charge in [-0.1, -0.05) is 60.1 Å². The first-order chi connectivity index (χ1) is 10.7. The first kappa shape index (κ1) is 14.4. The van der Waals surface area contributed by atoms with E-state index in [1.807, 2.05) is 42.5 Å². The van der Waals surface area contributed by atoms with Crippen molar-refractivity contribution in [1.29, 1.82) is 5.26 Å². The van der Waals surface area contributed by atoms with Gasteiger partial charge in [0.2, 0.25) is 0 Å². The van der Waals surface area contributed by atoms with E-state index in [1.54, 1.807) is 0 Å². The smallest absolute Gasteiger partial charge is 0.149 e. The monoisotopic (exact) mass is 307 g/mol. The summed E-state index contributed by atoms with van der Waals surface area (Å²) in [5.74, 6) is 0. The van der Waals surface area contributed by atoms with E-state index in [4.69, 9.17) is 11.6 Å². The van der Waals surface area contributed by atoms with E-state index < -0.39 is 0 Å². The normalized spacial score (nSPS) is 11.9. The molecule has 4 heteroatoms. The number of pyridine rings is 1. The summed E-state index contributed by atoms with van der Waals surface area (Å²) < 4.78 is 0. The fraction of sp³-hybridized carbons (Fsp3) is 0.111. The van der Waals surface area contributed by atoms with Crippen molar-refractivity contribution in [2.24, 2.45) is 0 Å². The van der Waals surface area contributed by atoms with Gasteiger partial charge in [0.05, 0.1) is 11.2 Å². The first-order valence-electron chi connectivity index (χ1n) is 7.00. The number of aromatic nitrogens is 1. The molecule has 0 amide bonds. The molecular formula is C18H14ClN3. The van der Waals surface area contributed by atoms with Crippen LogP contribution in [0.15, 0.2) is 54.6 Å². The Balaban J connectivity index is 2.11. The van der Waals surface area contributed by atoms with Crippen LogP contribution in [-0.2, 0) is 0 Å². The molecule has 0 aliphatic carbocycles. The van der Waals surface area contributed by atoms with Crippen LogP contribution in [0.25, 0.3) is 10.9 Å². The van der Waals surface area contributed by atoms with Crippen molar-refractivity contribution in [2.75, 3.05) is 5.32 Å². The summed E-state index contributed by atoms with van der Waals surface area (Å²) in [5, 5.41) is 14.0. The van der Waals surface area contributed by atoms with Gasteiger partial charge in [-0.2, -0.15) is 5.26 Å². The third-order valence-corrected chi connectivity index (χ3v) is 3.89. The van der Waals surface area contributed by atoms with Crippen molar-refractivity contribution < 1.29 is 0 Å². The molecule has 0 saturated heterocycles. The van der Waals surface area contributed by atoms with Crippen LogP contribution >= 0.6 is 11.6 Å². The summed E-state index contributed by atoms with van der Waals surface area (Å²) in [6.07, 6.45) is 0. The Hall–Kier alpha value is -2.57. The number of hydrogen-bond donors (Lipinski definition) is 1. The molecule has 0 aliphatic rings. The molecule has 108 valence electrons. The van der Waals surface area contributed by atoms with Gasteiger partial charge in [0.15, 0.2) is 0 Å². The van der Waals surface area contributed by atoms with Crippen LogP contribution in [0.4, 0.5) is 5.69 Å². The molecule has 2 aromatic carbocycles. The third-order valence-electron chi connectivity index (χ3n) is 3.62.